The first-order chi connectivity index (χ1) is 13.5. The molecule has 1 saturated heterocycles. The van der Waals surface area contributed by atoms with E-state index in [2.05, 4.69) is 12.6 Å². The molecule has 1 aliphatic rings. The van der Waals surface area contributed by atoms with Crippen LogP contribution in [0.4, 0.5) is 4.39 Å². The third kappa shape index (κ3) is 4.15. The van der Waals surface area contributed by atoms with E-state index in [-0.39, 0.29) is 12.5 Å². The highest BCUT2D eigenvalue weighted by Gasteiger charge is 2.32. The van der Waals surface area contributed by atoms with Gasteiger partial charge in [-0.25, -0.2) is 4.39 Å². The second kappa shape index (κ2) is 8.57. The van der Waals surface area contributed by atoms with Crippen LogP contribution in [0.15, 0.2) is 55.1 Å². The van der Waals surface area contributed by atoms with Gasteiger partial charge in [-0.3, -0.25) is 4.79 Å². The van der Waals surface area contributed by atoms with Crippen molar-refractivity contribution in [1.82, 2.24) is 4.90 Å². The zero-order chi connectivity index (χ0) is 20.1. The van der Waals surface area contributed by atoms with Crippen molar-refractivity contribution in [1.29, 1.82) is 5.26 Å². The number of halogens is 1. The molecule has 0 saturated carbocycles. The van der Waals surface area contributed by atoms with Crippen LogP contribution in [0, 0.1) is 11.3 Å². The fraction of sp³-hybridized carbons (Fsp3) is 0.273. The largest absolute Gasteiger partial charge is 0.496 e. The summed E-state index contributed by atoms with van der Waals surface area (Å²) in [4.78, 5) is 13.1. The van der Waals surface area contributed by atoms with Crippen molar-refractivity contribution < 1.29 is 18.7 Å². The van der Waals surface area contributed by atoms with Crippen LogP contribution in [0.3, 0.4) is 0 Å². The minimum Gasteiger partial charge on any atom is -0.496 e. The van der Waals surface area contributed by atoms with E-state index >= 15 is 0 Å². The molecule has 1 aliphatic heterocycles. The highest BCUT2D eigenvalue weighted by atomic mass is 19.1. The minimum atomic E-state index is -1.32. The van der Waals surface area contributed by atoms with Crippen LogP contribution in [0.5, 0.6) is 11.5 Å². The fourth-order valence-electron chi connectivity index (χ4n) is 3.29. The van der Waals surface area contributed by atoms with Crippen LogP contribution in [0.25, 0.3) is 11.1 Å². The lowest BCUT2D eigenvalue weighted by Gasteiger charge is -2.34. The molecule has 2 atom stereocenters. The van der Waals surface area contributed by atoms with E-state index in [0.717, 1.165) is 11.1 Å². The Labute approximate surface area is 163 Å². The number of ether oxygens (including phenoxy) is 2. The van der Waals surface area contributed by atoms with Crippen molar-refractivity contribution in [3.8, 4) is 28.7 Å². The number of amides is 1. The zero-order valence-electron chi connectivity index (χ0n) is 15.6. The lowest BCUT2D eigenvalue weighted by atomic mass is 10.0. The quantitative estimate of drug-likeness (QED) is 0.742. The molecule has 3 rings (SSSR count). The van der Waals surface area contributed by atoms with E-state index in [0.29, 0.717) is 30.0 Å². The smallest absolute Gasteiger partial charge is 0.246 e. The van der Waals surface area contributed by atoms with Gasteiger partial charge in [0.2, 0.25) is 5.91 Å². The van der Waals surface area contributed by atoms with E-state index in [1.807, 2.05) is 24.3 Å². The van der Waals surface area contributed by atoms with Crippen molar-refractivity contribution in [2.24, 2.45) is 0 Å². The number of para-hydroxylation sites is 1. The Kier molecular flexibility index (Phi) is 5.95. The number of alkyl halides is 1. The van der Waals surface area contributed by atoms with Gasteiger partial charge in [-0.1, -0.05) is 24.8 Å². The summed E-state index contributed by atoms with van der Waals surface area (Å²) in [5.41, 5.74) is 1.98. The molecular weight excluding hydrogens is 359 g/mol. The van der Waals surface area contributed by atoms with Crippen LogP contribution in [-0.4, -0.2) is 43.3 Å². The Hall–Kier alpha value is -3.33. The molecule has 1 amide bonds. The van der Waals surface area contributed by atoms with Gasteiger partial charge in [0.15, 0.2) is 6.17 Å². The number of carbonyl (C=O) groups excluding carboxylic acids is 1. The Morgan fingerprint density at radius 2 is 2.14 bits per heavy atom. The van der Waals surface area contributed by atoms with Crippen molar-refractivity contribution in [3.63, 3.8) is 0 Å². The van der Waals surface area contributed by atoms with Gasteiger partial charge in [-0.05, 0) is 35.9 Å². The average Bonchev–Trinajstić information content (AvgIpc) is 2.74. The summed E-state index contributed by atoms with van der Waals surface area (Å²) in [7, 11) is 1.58. The number of piperidine rings is 1. The van der Waals surface area contributed by atoms with Gasteiger partial charge in [-0.2, -0.15) is 5.26 Å². The van der Waals surface area contributed by atoms with Gasteiger partial charge in [0, 0.05) is 18.5 Å². The summed E-state index contributed by atoms with van der Waals surface area (Å²) in [6.07, 6.45) is -0.461. The van der Waals surface area contributed by atoms with Gasteiger partial charge in [0.05, 0.1) is 25.3 Å². The number of nitriles is 1. The first kappa shape index (κ1) is 19.4. The monoisotopic (exact) mass is 380 g/mol. The second-order valence-corrected chi connectivity index (χ2v) is 6.51. The molecule has 0 N–H and O–H groups in total. The third-order valence-electron chi connectivity index (χ3n) is 4.71. The van der Waals surface area contributed by atoms with Gasteiger partial charge in [0.25, 0.3) is 0 Å². The molecule has 0 radical (unpaired) electrons. The van der Waals surface area contributed by atoms with Crippen LogP contribution < -0.4 is 9.47 Å². The zero-order valence-corrected chi connectivity index (χ0v) is 15.6. The van der Waals surface area contributed by atoms with Gasteiger partial charge >= 0.3 is 0 Å². The van der Waals surface area contributed by atoms with E-state index in [1.165, 1.54) is 11.0 Å². The average molecular weight is 380 g/mol. The number of hydrogen-bond donors (Lipinski definition) is 0. The molecule has 28 heavy (non-hydrogen) atoms. The summed E-state index contributed by atoms with van der Waals surface area (Å²) >= 11 is 0. The highest BCUT2D eigenvalue weighted by Crippen LogP contribution is 2.33. The highest BCUT2D eigenvalue weighted by molar-refractivity contribution is 5.87. The first-order valence-electron chi connectivity index (χ1n) is 8.96. The summed E-state index contributed by atoms with van der Waals surface area (Å²) < 4.78 is 25.8. The Morgan fingerprint density at radius 3 is 2.82 bits per heavy atom. The molecule has 2 aromatic rings. The van der Waals surface area contributed by atoms with Crippen molar-refractivity contribution in [2.45, 2.75) is 18.7 Å². The summed E-state index contributed by atoms with van der Waals surface area (Å²) in [5, 5.41) is 9.38. The number of nitrogens with zero attached hydrogens (tertiary/aromatic N) is 2. The molecule has 0 spiro atoms. The van der Waals surface area contributed by atoms with Crippen LogP contribution in [-0.2, 0) is 4.79 Å². The molecule has 1 fully saturated rings. The minimum absolute atomic E-state index is 0.0349. The maximum absolute atomic E-state index is 14.6. The third-order valence-corrected chi connectivity index (χ3v) is 4.71. The molecule has 6 heteroatoms. The van der Waals surface area contributed by atoms with Crippen LogP contribution in [0.2, 0.25) is 0 Å². The lowest BCUT2D eigenvalue weighted by Crippen LogP contribution is -2.48. The molecule has 2 aromatic carbocycles. The van der Waals surface area contributed by atoms with E-state index < -0.39 is 12.3 Å². The summed E-state index contributed by atoms with van der Waals surface area (Å²) in [6, 6.07) is 14.7. The predicted molar refractivity (Wildman–Crippen MR) is 104 cm³/mol. The summed E-state index contributed by atoms with van der Waals surface area (Å²) in [6.45, 7) is 3.79. The first-order valence-corrected chi connectivity index (χ1v) is 8.96. The van der Waals surface area contributed by atoms with Crippen molar-refractivity contribution >= 4 is 5.91 Å². The number of methoxy groups -OCH3 is 1. The molecule has 0 bridgehead atoms. The Bertz CT molecular complexity index is 922. The van der Waals surface area contributed by atoms with Gasteiger partial charge < -0.3 is 14.4 Å². The van der Waals surface area contributed by atoms with Crippen molar-refractivity contribution in [2.75, 3.05) is 20.2 Å². The number of benzene rings is 2. The molecule has 144 valence electrons. The van der Waals surface area contributed by atoms with E-state index in [9.17, 15) is 14.4 Å². The lowest BCUT2D eigenvalue weighted by molar-refractivity contribution is -0.129. The second-order valence-electron chi connectivity index (χ2n) is 6.51. The molecule has 0 unspecified atom stereocenters. The standard InChI is InChI=1S/C22H21FN2O3/c1-3-22(26)25-9-8-21(19(23)14-25)28-17-11-15(13-24)10-16(12-17)18-6-4-5-7-20(18)27-2/h3-7,10-12,19,21H,1,8-9,14H2,2H3/t19-,21+/m0/s1. The SMILES string of the molecule is C=CC(=O)N1CC[C@@H](Oc2cc(C#N)cc(-c3ccccc3OC)c2)[C@@H](F)C1. The van der Waals surface area contributed by atoms with Crippen LogP contribution >= 0.6 is 0 Å². The summed E-state index contributed by atoms with van der Waals surface area (Å²) in [5.74, 6) is 0.797. The normalized spacial score (nSPS) is 18.8. The number of carbonyl (C=O) groups is 1. The Balaban J connectivity index is 1.84. The van der Waals surface area contributed by atoms with Gasteiger partial charge in [0.1, 0.15) is 17.6 Å². The Morgan fingerprint density at radius 1 is 1.36 bits per heavy atom. The van der Waals surface area contributed by atoms with Crippen LogP contribution in [0.1, 0.15) is 12.0 Å². The molecule has 5 nitrogen and oxygen atoms in total. The molecule has 0 aromatic heterocycles. The molecular formula is C22H21FN2O3. The number of rotatable bonds is 5. The van der Waals surface area contributed by atoms with E-state index in [4.69, 9.17) is 9.47 Å². The maximum atomic E-state index is 14.6. The van der Waals surface area contributed by atoms with Gasteiger partial charge in [-0.15, -0.1) is 0 Å². The fourth-order valence-corrected chi connectivity index (χ4v) is 3.29. The van der Waals surface area contributed by atoms with Crippen molar-refractivity contribution in [3.05, 3.63) is 60.7 Å². The number of hydrogen-bond acceptors (Lipinski definition) is 4. The maximum Gasteiger partial charge on any atom is 0.246 e. The molecule has 0 aliphatic carbocycles. The van der Waals surface area contributed by atoms with E-state index in [1.54, 1.807) is 25.3 Å². The predicted octanol–water partition coefficient (Wildman–Crippen LogP) is 3.74. The topological polar surface area (TPSA) is 62.6 Å². The number of likely N-dealkylation sites (tertiary alicyclic amines) is 1. The molecule has 1 heterocycles.